The fraction of sp³-hybridized carbons (Fsp3) is 0.750. The Balaban J connectivity index is -0.0000000415. The molecule has 0 bridgehead atoms. The SMILES string of the molecule is CC.CC(C)=O.CNC.CNC(C)=O.COC(C)=O.COC(C)=O. The van der Waals surface area contributed by atoms with Gasteiger partial charge in [0.2, 0.25) is 5.91 Å². The van der Waals surface area contributed by atoms with Crippen LogP contribution < -0.4 is 10.6 Å². The van der Waals surface area contributed by atoms with Crippen molar-refractivity contribution in [2.24, 2.45) is 0 Å². The molecule has 0 aliphatic rings. The molecule has 0 aromatic rings. The van der Waals surface area contributed by atoms with E-state index >= 15 is 0 Å². The van der Waals surface area contributed by atoms with Gasteiger partial charge in [-0.25, -0.2) is 0 Å². The summed E-state index contributed by atoms with van der Waals surface area (Å²) in [7, 11) is 8.05. The first kappa shape index (κ1) is 37.9. The number of ether oxygens (including phenoxy) is 2. The molecule has 0 radical (unpaired) electrons. The topological polar surface area (TPSA) is 111 Å². The number of rotatable bonds is 0. The number of nitrogens with one attached hydrogen (secondary N) is 2. The predicted molar refractivity (Wildman–Crippen MR) is 97.8 cm³/mol. The highest BCUT2D eigenvalue weighted by atomic mass is 16.5. The van der Waals surface area contributed by atoms with Crippen molar-refractivity contribution in [1.29, 1.82) is 0 Å². The Hall–Kier alpha value is -1.96. The van der Waals surface area contributed by atoms with Gasteiger partial charge in [0, 0.05) is 27.8 Å². The van der Waals surface area contributed by atoms with E-state index in [4.69, 9.17) is 0 Å². The van der Waals surface area contributed by atoms with Crippen molar-refractivity contribution in [1.82, 2.24) is 10.6 Å². The van der Waals surface area contributed by atoms with E-state index in [9.17, 15) is 19.2 Å². The van der Waals surface area contributed by atoms with E-state index in [0.29, 0.717) is 0 Å². The van der Waals surface area contributed by atoms with E-state index < -0.39 is 0 Å². The van der Waals surface area contributed by atoms with Crippen LogP contribution in [0.5, 0.6) is 0 Å². The molecule has 0 heterocycles. The van der Waals surface area contributed by atoms with Gasteiger partial charge in [0.25, 0.3) is 0 Å². The molecule has 8 heteroatoms. The lowest BCUT2D eigenvalue weighted by Gasteiger charge is -1.80. The fourth-order valence-corrected chi connectivity index (χ4v) is 0. The van der Waals surface area contributed by atoms with Gasteiger partial charge < -0.3 is 24.9 Å². The van der Waals surface area contributed by atoms with Crippen molar-refractivity contribution < 1.29 is 28.7 Å². The minimum Gasteiger partial charge on any atom is -0.469 e. The zero-order valence-electron chi connectivity index (χ0n) is 17.4. The summed E-state index contributed by atoms with van der Waals surface area (Å²) in [5.74, 6) is -0.319. The van der Waals surface area contributed by atoms with Crippen molar-refractivity contribution in [2.75, 3.05) is 35.4 Å². The van der Waals surface area contributed by atoms with Crippen LogP contribution in [0.2, 0.25) is 0 Å². The first-order chi connectivity index (χ1) is 11.0. The van der Waals surface area contributed by atoms with Crippen LogP contribution in [0.25, 0.3) is 0 Å². The molecule has 0 spiro atoms. The third-order valence-corrected chi connectivity index (χ3v) is 0.927. The number of hydrogen-bond donors (Lipinski definition) is 2. The molecule has 1 amide bonds. The second-order valence-corrected chi connectivity index (χ2v) is 3.61. The number of methoxy groups -OCH3 is 2. The highest BCUT2D eigenvalue weighted by Crippen LogP contribution is 1.60. The molecule has 0 aliphatic carbocycles. The lowest BCUT2D eigenvalue weighted by Crippen LogP contribution is -2.11. The van der Waals surface area contributed by atoms with Gasteiger partial charge in [0.1, 0.15) is 5.78 Å². The smallest absolute Gasteiger partial charge is 0.302 e. The fourth-order valence-electron chi connectivity index (χ4n) is 0. The van der Waals surface area contributed by atoms with E-state index in [1.165, 1.54) is 48.8 Å². The van der Waals surface area contributed by atoms with Gasteiger partial charge in [-0.15, -0.1) is 0 Å². The first-order valence-electron chi connectivity index (χ1n) is 7.29. The summed E-state index contributed by atoms with van der Waals surface area (Å²) in [5, 5.41) is 5.14. The molecule has 0 aromatic carbocycles. The highest BCUT2D eigenvalue weighted by molar-refractivity contribution is 5.72. The lowest BCUT2D eigenvalue weighted by molar-refractivity contribution is -0.138. The summed E-state index contributed by atoms with van der Waals surface area (Å²) in [5.41, 5.74) is 0. The third kappa shape index (κ3) is 445. The van der Waals surface area contributed by atoms with Crippen LogP contribution in [0.4, 0.5) is 0 Å². The van der Waals surface area contributed by atoms with E-state index in [-0.39, 0.29) is 23.6 Å². The average Bonchev–Trinajstić information content (AvgIpc) is 2.50. The number of carbonyl (C=O) groups is 4. The van der Waals surface area contributed by atoms with Gasteiger partial charge in [-0.3, -0.25) is 14.4 Å². The molecule has 0 aliphatic heterocycles. The molecule has 148 valence electrons. The highest BCUT2D eigenvalue weighted by Gasteiger charge is 1.76. The number of ketones is 1. The molecule has 2 N–H and O–H groups in total. The average molecular weight is 354 g/mol. The van der Waals surface area contributed by atoms with Gasteiger partial charge in [-0.1, -0.05) is 13.8 Å². The number of esters is 2. The van der Waals surface area contributed by atoms with E-state index in [1.807, 2.05) is 27.9 Å². The van der Waals surface area contributed by atoms with E-state index in [1.54, 1.807) is 7.05 Å². The second kappa shape index (κ2) is 42.9. The summed E-state index contributed by atoms with van der Waals surface area (Å²) in [6, 6.07) is 0. The Kier molecular flexibility index (Phi) is 67.7. The van der Waals surface area contributed by atoms with Crippen molar-refractivity contribution >= 4 is 23.6 Å². The minimum atomic E-state index is -0.245. The Morgan fingerprint density at radius 1 is 0.667 bits per heavy atom. The molecular weight excluding hydrogens is 316 g/mol. The zero-order valence-corrected chi connectivity index (χ0v) is 17.4. The standard InChI is InChI=1S/C3H7NO.2C3H6O2.C3H6O.C2H7N.C2H6/c1-3(5)4-2;2*1-3(4)5-2;1-3(2)4;1-3-2;1-2/h1-2H3,(H,4,5);2*1-2H3;1-2H3;3H,1-2H3;1-2H3. The Morgan fingerprint density at radius 2 is 0.750 bits per heavy atom. The van der Waals surface area contributed by atoms with Crippen LogP contribution in [0.15, 0.2) is 0 Å². The van der Waals surface area contributed by atoms with Crippen LogP contribution in [0.3, 0.4) is 0 Å². The molecule has 8 nitrogen and oxygen atoms in total. The van der Waals surface area contributed by atoms with Gasteiger partial charge >= 0.3 is 11.9 Å². The normalized spacial score (nSPS) is 6.33. The van der Waals surface area contributed by atoms with Gasteiger partial charge in [0.05, 0.1) is 14.2 Å². The van der Waals surface area contributed by atoms with Gasteiger partial charge in [-0.2, -0.15) is 0 Å². The number of hydrogen-bond acceptors (Lipinski definition) is 7. The summed E-state index contributed by atoms with van der Waals surface area (Å²) in [4.78, 5) is 38.3. The molecule has 0 atom stereocenters. The summed E-state index contributed by atoms with van der Waals surface area (Å²) < 4.78 is 8.22. The quantitative estimate of drug-likeness (QED) is 0.635. The maximum atomic E-state index is 9.70. The molecule has 0 rings (SSSR count). The number of Topliss-reactive ketones (excluding diaryl/α,β-unsaturated/α-hetero) is 1. The van der Waals surface area contributed by atoms with Gasteiger partial charge in [0.15, 0.2) is 0 Å². The molecule has 0 unspecified atom stereocenters. The summed E-state index contributed by atoms with van der Waals surface area (Å²) in [6.45, 7) is 11.2. The van der Waals surface area contributed by atoms with E-state index in [0.717, 1.165) is 0 Å². The molecule has 24 heavy (non-hydrogen) atoms. The van der Waals surface area contributed by atoms with Crippen LogP contribution in [0.1, 0.15) is 48.5 Å². The predicted octanol–water partition coefficient (Wildman–Crippen LogP) is 1.57. The number of amides is 1. The third-order valence-electron chi connectivity index (χ3n) is 0.927. The maximum Gasteiger partial charge on any atom is 0.302 e. The van der Waals surface area contributed by atoms with Crippen molar-refractivity contribution in [3.05, 3.63) is 0 Å². The van der Waals surface area contributed by atoms with Crippen molar-refractivity contribution in [3.63, 3.8) is 0 Å². The summed E-state index contributed by atoms with van der Waals surface area (Å²) in [6.07, 6.45) is 0. The minimum absolute atomic E-state index is 0.00463. The maximum absolute atomic E-state index is 9.70. The molecule has 0 aromatic heterocycles. The molecular formula is C16H38N2O6. The Bertz CT molecular complexity index is 244. The largest absolute Gasteiger partial charge is 0.469 e. The van der Waals surface area contributed by atoms with E-state index in [2.05, 4.69) is 20.1 Å². The lowest BCUT2D eigenvalue weighted by atomic mass is 10.6. The Morgan fingerprint density at radius 3 is 0.750 bits per heavy atom. The zero-order chi connectivity index (χ0) is 21.1. The van der Waals surface area contributed by atoms with Crippen LogP contribution >= 0.6 is 0 Å². The van der Waals surface area contributed by atoms with Gasteiger partial charge in [-0.05, 0) is 27.9 Å². The van der Waals surface area contributed by atoms with Crippen molar-refractivity contribution in [2.45, 2.75) is 48.5 Å². The monoisotopic (exact) mass is 354 g/mol. The summed E-state index contributed by atoms with van der Waals surface area (Å²) >= 11 is 0. The van der Waals surface area contributed by atoms with Crippen LogP contribution in [-0.4, -0.2) is 59.0 Å². The van der Waals surface area contributed by atoms with Crippen LogP contribution in [0, 0.1) is 0 Å². The number of carbonyl (C=O) groups excluding carboxylic acids is 4. The second-order valence-electron chi connectivity index (χ2n) is 3.61. The molecule has 0 saturated heterocycles. The first-order valence-corrected chi connectivity index (χ1v) is 7.29. The van der Waals surface area contributed by atoms with Crippen LogP contribution in [-0.2, 0) is 28.7 Å². The molecule has 0 fully saturated rings. The van der Waals surface area contributed by atoms with Crippen molar-refractivity contribution in [3.8, 4) is 0 Å². The Labute approximate surface area is 147 Å². The molecule has 0 saturated carbocycles.